The van der Waals surface area contributed by atoms with E-state index in [9.17, 15) is 0 Å². The maximum Gasteiger partial charge on any atom is 0.151 e. The molecule has 0 radical (unpaired) electrons. The maximum atomic E-state index is 5.73. The molecule has 0 aliphatic heterocycles. The standard InChI is InChI=1S/C12H16ClN3/c13-12-6-3-10(14-15-12)8-16(11-4-5-11)7-9-1-2-9/h3,6,9,11H,1-2,4-5,7-8H2. The molecule has 2 fully saturated rings. The third kappa shape index (κ3) is 2.71. The molecule has 86 valence electrons. The predicted octanol–water partition coefficient (Wildman–Crippen LogP) is 2.50. The number of nitrogens with zero attached hydrogens (tertiary/aromatic N) is 3. The van der Waals surface area contributed by atoms with Crippen molar-refractivity contribution in [2.75, 3.05) is 6.54 Å². The molecule has 0 N–H and O–H groups in total. The average molecular weight is 238 g/mol. The molecule has 3 nitrogen and oxygen atoms in total. The molecule has 2 aliphatic rings. The predicted molar refractivity (Wildman–Crippen MR) is 63.2 cm³/mol. The first kappa shape index (κ1) is 10.5. The number of rotatable bonds is 5. The molecule has 3 rings (SSSR count). The summed E-state index contributed by atoms with van der Waals surface area (Å²) in [5, 5.41) is 8.50. The van der Waals surface area contributed by atoms with Crippen LogP contribution in [0.2, 0.25) is 5.15 Å². The number of aromatic nitrogens is 2. The third-order valence-electron chi connectivity index (χ3n) is 3.31. The summed E-state index contributed by atoms with van der Waals surface area (Å²) in [7, 11) is 0. The van der Waals surface area contributed by atoms with Crippen LogP contribution in [0.25, 0.3) is 0 Å². The molecule has 2 aliphatic carbocycles. The first-order valence-corrected chi connectivity index (χ1v) is 6.41. The quantitative estimate of drug-likeness (QED) is 0.788. The number of hydrogen-bond acceptors (Lipinski definition) is 3. The van der Waals surface area contributed by atoms with E-state index in [1.807, 2.05) is 12.1 Å². The highest BCUT2D eigenvalue weighted by atomic mass is 35.5. The molecule has 2 saturated carbocycles. The van der Waals surface area contributed by atoms with E-state index in [2.05, 4.69) is 15.1 Å². The molecule has 0 saturated heterocycles. The van der Waals surface area contributed by atoms with Crippen molar-refractivity contribution in [3.05, 3.63) is 23.0 Å². The fraction of sp³-hybridized carbons (Fsp3) is 0.667. The summed E-state index contributed by atoms with van der Waals surface area (Å²) in [5.74, 6) is 0.945. The SMILES string of the molecule is Clc1ccc(CN(CC2CC2)C2CC2)nn1. The maximum absolute atomic E-state index is 5.73. The Morgan fingerprint density at radius 1 is 1.19 bits per heavy atom. The summed E-state index contributed by atoms with van der Waals surface area (Å²) in [6.45, 7) is 2.18. The van der Waals surface area contributed by atoms with Crippen LogP contribution in [0.4, 0.5) is 0 Å². The van der Waals surface area contributed by atoms with Crippen LogP contribution in [0.5, 0.6) is 0 Å². The summed E-state index contributed by atoms with van der Waals surface area (Å²) in [6.07, 6.45) is 5.53. The second-order valence-electron chi connectivity index (χ2n) is 4.95. The lowest BCUT2D eigenvalue weighted by atomic mass is 10.3. The zero-order chi connectivity index (χ0) is 11.0. The van der Waals surface area contributed by atoms with Crippen molar-refractivity contribution in [3.63, 3.8) is 0 Å². The van der Waals surface area contributed by atoms with E-state index in [4.69, 9.17) is 11.6 Å². The fourth-order valence-electron chi connectivity index (χ4n) is 2.05. The highest BCUT2D eigenvalue weighted by molar-refractivity contribution is 6.29. The first-order valence-electron chi connectivity index (χ1n) is 6.03. The normalized spacial score (nSPS) is 20.4. The van der Waals surface area contributed by atoms with Gasteiger partial charge in [-0.15, -0.1) is 5.10 Å². The van der Waals surface area contributed by atoms with Crippen LogP contribution >= 0.6 is 11.6 Å². The monoisotopic (exact) mass is 237 g/mol. The molecular weight excluding hydrogens is 222 g/mol. The Labute approximate surface area is 101 Å². The zero-order valence-electron chi connectivity index (χ0n) is 9.27. The molecule has 0 bridgehead atoms. The molecular formula is C12H16ClN3. The lowest BCUT2D eigenvalue weighted by Gasteiger charge is -2.20. The summed E-state index contributed by atoms with van der Waals surface area (Å²) in [4.78, 5) is 2.57. The van der Waals surface area contributed by atoms with Crippen molar-refractivity contribution in [1.82, 2.24) is 15.1 Å². The second-order valence-corrected chi connectivity index (χ2v) is 5.34. The Kier molecular flexibility index (Phi) is 2.82. The summed E-state index contributed by atoms with van der Waals surface area (Å²) < 4.78 is 0. The third-order valence-corrected chi connectivity index (χ3v) is 3.51. The van der Waals surface area contributed by atoms with Gasteiger partial charge in [0.15, 0.2) is 5.15 Å². The Bertz CT molecular complexity index is 357. The Balaban J connectivity index is 1.63. The Morgan fingerprint density at radius 2 is 2.00 bits per heavy atom. The van der Waals surface area contributed by atoms with Gasteiger partial charge in [0.25, 0.3) is 0 Å². The molecule has 0 atom stereocenters. The smallest absolute Gasteiger partial charge is 0.151 e. The highest BCUT2D eigenvalue weighted by Gasteiger charge is 2.33. The largest absolute Gasteiger partial charge is 0.294 e. The van der Waals surface area contributed by atoms with Gasteiger partial charge in [-0.2, -0.15) is 5.10 Å². The zero-order valence-corrected chi connectivity index (χ0v) is 10.0. The number of hydrogen-bond donors (Lipinski definition) is 0. The van der Waals surface area contributed by atoms with E-state index in [1.165, 1.54) is 32.2 Å². The molecule has 1 aromatic heterocycles. The van der Waals surface area contributed by atoms with Crippen molar-refractivity contribution in [2.45, 2.75) is 38.3 Å². The van der Waals surface area contributed by atoms with Crippen LogP contribution in [0.1, 0.15) is 31.4 Å². The minimum atomic E-state index is 0.476. The van der Waals surface area contributed by atoms with E-state index in [1.54, 1.807) is 0 Å². The van der Waals surface area contributed by atoms with Gasteiger partial charge < -0.3 is 0 Å². The molecule has 0 amide bonds. The lowest BCUT2D eigenvalue weighted by Crippen LogP contribution is -2.28. The van der Waals surface area contributed by atoms with Crippen LogP contribution in [-0.4, -0.2) is 27.7 Å². The molecule has 1 heterocycles. The topological polar surface area (TPSA) is 29.0 Å². The molecule has 16 heavy (non-hydrogen) atoms. The van der Waals surface area contributed by atoms with Gasteiger partial charge in [-0.1, -0.05) is 11.6 Å². The molecule has 0 unspecified atom stereocenters. The molecule has 1 aromatic rings. The van der Waals surface area contributed by atoms with E-state index in [0.717, 1.165) is 24.2 Å². The van der Waals surface area contributed by atoms with Gasteiger partial charge in [0.1, 0.15) is 0 Å². The summed E-state index contributed by atoms with van der Waals surface area (Å²) in [5.41, 5.74) is 1.04. The minimum Gasteiger partial charge on any atom is -0.294 e. The minimum absolute atomic E-state index is 0.476. The van der Waals surface area contributed by atoms with Crippen molar-refractivity contribution < 1.29 is 0 Å². The van der Waals surface area contributed by atoms with Gasteiger partial charge in [-0.3, -0.25) is 4.90 Å². The summed E-state index contributed by atoms with van der Waals surface area (Å²) >= 11 is 5.73. The van der Waals surface area contributed by atoms with Crippen molar-refractivity contribution in [1.29, 1.82) is 0 Å². The van der Waals surface area contributed by atoms with E-state index in [0.29, 0.717) is 5.15 Å². The highest BCUT2D eigenvalue weighted by Crippen LogP contribution is 2.35. The second kappa shape index (κ2) is 4.30. The Morgan fingerprint density at radius 3 is 2.56 bits per heavy atom. The van der Waals surface area contributed by atoms with Crippen LogP contribution in [0.15, 0.2) is 12.1 Å². The van der Waals surface area contributed by atoms with Gasteiger partial charge in [0.2, 0.25) is 0 Å². The van der Waals surface area contributed by atoms with Crippen LogP contribution in [-0.2, 0) is 6.54 Å². The van der Waals surface area contributed by atoms with E-state index in [-0.39, 0.29) is 0 Å². The van der Waals surface area contributed by atoms with Gasteiger partial charge >= 0.3 is 0 Å². The fourth-order valence-corrected chi connectivity index (χ4v) is 2.15. The van der Waals surface area contributed by atoms with E-state index >= 15 is 0 Å². The molecule has 0 spiro atoms. The van der Waals surface area contributed by atoms with Crippen LogP contribution in [0, 0.1) is 5.92 Å². The average Bonchev–Trinajstić information content (AvgIpc) is 3.14. The molecule has 4 heteroatoms. The van der Waals surface area contributed by atoms with Crippen molar-refractivity contribution >= 4 is 11.6 Å². The summed E-state index contributed by atoms with van der Waals surface area (Å²) in [6, 6.07) is 4.61. The van der Waals surface area contributed by atoms with Crippen LogP contribution < -0.4 is 0 Å². The Hall–Kier alpha value is -0.670. The van der Waals surface area contributed by atoms with Crippen LogP contribution in [0.3, 0.4) is 0 Å². The van der Waals surface area contributed by atoms with Crippen molar-refractivity contribution in [2.24, 2.45) is 5.92 Å². The molecule has 0 aromatic carbocycles. The first-order chi connectivity index (χ1) is 7.81. The van der Waals surface area contributed by atoms with Crippen molar-refractivity contribution in [3.8, 4) is 0 Å². The lowest BCUT2D eigenvalue weighted by molar-refractivity contribution is 0.240. The van der Waals surface area contributed by atoms with E-state index < -0.39 is 0 Å². The van der Waals surface area contributed by atoms with Gasteiger partial charge in [-0.05, 0) is 43.7 Å². The van der Waals surface area contributed by atoms with Gasteiger partial charge in [-0.25, -0.2) is 0 Å². The number of halogens is 1. The van der Waals surface area contributed by atoms with Gasteiger partial charge in [0.05, 0.1) is 5.69 Å². The van der Waals surface area contributed by atoms with Gasteiger partial charge in [0, 0.05) is 19.1 Å².